The third-order valence-corrected chi connectivity index (χ3v) is 16.4. The van der Waals surface area contributed by atoms with Crippen molar-refractivity contribution < 1.29 is 9.59 Å². The molecule has 0 aromatic carbocycles. The molecule has 16 nitrogen and oxygen atoms in total. The number of nitrogens with one attached hydrogen (secondary N) is 2. The molecule has 68 heavy (non-hydrogen) atoms. The molecule has 2 aliphatic carbocycles. The van der Waals surface area contributed by atoms with Crippen LogP contribution in [-0.2, 0) is 27.2 Å². The number of pyridine rings is 4. The number of hydrogen-bond donors (Lipinski definition) is 2. The maximum atomic E-state index is 14.2. The van der Waals surface area contributed by atoms with Crippen LogP contribution in [0.4, 0.5) is 0 Å². The summed E-state index contributed by atoms with van der Waals surface area (Å²) in [6.07, 6.45) is 16.5. The normalized spacial score (nSPS) is 23.9. The molecule has 14 rings (SSSR count). The van der Waals surface area contributed by atoms with E-state index in [-0.39, 0.29) is 23.9 Å². The standard InChI is InChI=1S/C52H56N14O2/c1-61-47-39(59-49(61)43-20-33-4-3-12-54-45(33)65(43)25-29-5-6-29)19-37(24-57-47)52(68)64-15-11-32-17-38(58-42(32)28-64)35-16-34-21-44(66(26-30-7-8-30)46(34)55-22-35)50-60-40-18-36(23-56-48(40)62(50)2)51(67)63-14-10-31-9-13-53-41(31)27-63/h3-4,12,16,18-24,29-32,38,41-42,53,58H,5-11,13-15,17,25-28H2,1-2H3/t31-,32-,38?,41+,42-/m1/s1. The van der Waals surface area contributed by atoms with Crippen LogP contribution < -0.4 is 10.6 Å². The third-order valence-electron chi connectivity index (χ3n) is 16.4. The summed E-state index contributed by atoms with van der Waals surface area (Å²) in [6.45, 7) is 5.74. The Kier molecular flexibility index (Phi) is 9.24. The molecule has 0 bridgehead atoms. The number of fused-ring (bicyclic) bond motifs is 6. The van der Waals surface area contributed by atoms with Crippen LogP contribution >= 0.6 is 0 Å². The first kappa shape index (κ1) is 40.5. The number of carbonyl (C=O) groups is 2. The molecule has 346 valence electrons. The minimum Gasteiger partial charge on any atom is -0.337 e. The summed E-state index contributed by atoms with van der Waals surface area (Å²) in [5.41, 5.74) is 9.28. The molecule has 4 saturated heterocycles. The number of rotatable bonds is 9. The summed E-state index contributed by atoms with van der Waals surface area (Å²) >= 11 is 0. The molecule has 6 aliphatic rings. The molecule has 6 fully saturated rings. The lowest BCUT2D eigenvalue weighted by atomic mass is 9.90. The zero-order valence-electron chi connectivity index (χ0n) is 38.7. The van der Waals surface area contributed by atoms with E-state index < -0.39 is 0 Å². The SMILES string of the molecule is Cn1c(-c2cc3cc(C4C[C@H]5CCN(C(=O)c6cnc7c(c6)nc(-c6cc8cccnc8n6CC6CC6)n7C)C[C@H]5N4)cnc3n2CC2CC2)nc2cc(C(=O)N3CC[C@H]4CCN[C@H]4C3)cnc21. The summed E-state index contributed by atoms with van der Waals surface area (Å²) in [6, 6.07) is 15.4. The molecule has 2 N–H and O–H groups in total. The Balaban J connectivity index is 0.698. The fourth-order valence-electron chi connectivity index (χ4n) is 12.2. The van der Waals surface area contributed by atoms with Gasteiger partial charge in [0.15, 0.2) is 22.9 Å². The van der Waals surface area contributed by atoms with Crippen molar-refractivity contribution in [2.75, 3.05) is 32.7 Å². The fraction of sp³-hybridized carbons (Fsp3) is 0.462. The van der Waals surface area contributed by atoms with Crippen LogP contribution in [0, 0.1) is 23.7 Å². The zero-order valence-corrected chi connectivity index (χ0v) is 38.7. The average Bonchev–Trinajstić information content (AvgIpc) is 4.02. The summed E-state index contributed by atoms with van der Waals surface area (Å²) in [5, 5.41) is 9.72. The van der Waals surface area contributed by atoms with Gasteiger partial charge < -0.3 is 38.7 Å². The van der Waals surface area contributed by atoms with Crippen LogP contribution in [0.5, 0.6) is 0 Å². The number of likely N-dealkylation sites (tertiary alicyclic amines) is 2. The smallest absolute Gasteiger partial charge is 0.255 e. The van der Waals surface area contributed by atoms with E-state index in [0.29, 0.717) is 53.9 Å². The number of imidazole rings is 2. The van der Waals surface area contributed by atoms with Crippen LogP contribution in [0.25, 0.3) is 67.4 Å². The molecule has 4 aliphatic heterocycles. The van der Waals surface area contributed by atoms with Gasteiger partial charge in [0.05, 0.1) is 22.5 Å². The highest BCUT2D eigenvalue weighted by molar-refractivity contribution is 5.98. The summed E-state index contributed by atoms with van der Waals surface area (Å²) < 4.78 is 8.75. The molecule has 1 unspecified atom stereocenters. The Bertz CT molecular complexity index is 3350. The van der Waals surface area contributed by atoms with Gasteiger partial charge in [-0.15, -0.1) is 0 Å². The number of amides is 2. The van der Waals surface area contributed by atoms with Gasteiger partial charge >= 0.3 is 0 Å². The van der Waals surface area contributed by atoms with Crippen molar-refractivity contribution >= 4 is 56.2 Å². The predicted octanol–water partition coefficient (Wildman–Crippen LogP) is 6.49. The predicted molar refractivity (Wildman–Crippen MR) is 259 cm³/mol. The molecule has 2 amide bonds. The molecular weight excluding hydrogens is 853 g/mol. The first-order chi connectivity index (χ1) is 33.3. The Labute approximate surface area is 393 Å². The maximum absolute atomic E-state index is 14.2. The van der Waals surface area contributed by atoms with Gasteiger partial charge in [-0.3, -0.25) is 9.59 Å². The molecule has 5 atom stereocenters. The Morgan fingerprint density at radius 3 is 1.87 bits per heavy atom. The van der Waals surface area contributed by atoms with E-state index in [4.69, 9.17) is 29.9 Å². The first-order valence-electron chi connectivity index (χ1n) is 24.9. The van der Waals surface area contributed by atoms with E-state index >= 15 is 0 Å². The van der Waals surface area contributed by atoms with Gasteiger partial charge in [0.1, 0.15) is 22.3 Å². The summed E-state index contributed by atoms with van der Waals surface area (Å²) in [4.78, 5) is 61.7. The van der Waals surface area contributed by atoms with Crippen LogP contribution in [0.3, 0.4) is 0 Å². The number of carbonyl (C=O) groups excluding carboxylic acids is 2. The van der Waals surface area contributed by atoms with Gasteiger partial charge in [-0.05, 0) is 130 Å². The molecule has 16 heteroatoms. The van der Waals surface area contributed by atoms with Crippen LogP contribution in [0.15, 0.2) is 67.3 Å². The lowest BCUT2D eigenvalue weighted by molar-refractivity contribution is 0.0662. The first-order valence-corrected chi connectivity index (χ1v) is 24.9. The van der Waals surface area contributed by atoms with Crippen LogP contribution in [-0.4, -0.2) is 115 Å². The van der Waals surface area contributed by atoms with E-state index in [1.807, 2.05) is 52.9 Å². The third kappa shape index (κ3) is 6.76. The van der Waals surface area contributed by atoms with E-state index in [2.05, 4.69) is 54.8 Å². The number of nitrogens with zero attached hydrogens (tertiary/aromatic N) is 12. The molecular formula is C52H56N14O2. The zero-order chi connectivity index (χ0) is 45.4. The molecule has 0 radical (unpaired) electrons. The molecule has 0 spiro atoms. The second kappa shape index (κ2) is 15.5. The van der Waals surface area contributed by atoms with Gasteiger partial charge in [0.2, 0.25) is 0 Å². The monoisotopic (exact) mass is 908 g/mol. The van der Waals surface area contributed by atoms with Gasteiger partial charge in [0.25, 0.3) is 11.8 Å². The highest BCUT2D eigenvalue weighted by Crippen LogP contribution is 2.41. The van der Waals surface area contributed by atoms with E-state index in [1.165, 1.54) is 37.7 Å². The average molecular weight is 909 g/mol. The molecule has 8 aromatic rings. The number of aromatic nitrogens is 10. The van der Waals surface area contributed by atoms with Gasteiger partial charge in [-0.2, -0.15) is 0 Å². The minimum atomic E-state index is -0.00324. The minimum absolute atomic E-state index is 0.00324. The Morgan fingerprint density at radius 2 is 1.22 bits per heavy atom. The Morgan fingerprint density at radius 1 is 0.632 bits per heavy atom. The van der Waals surface area contributed by atoms with Crippen LogP contribution in [0.1, 0.15) is 83.7 Å². The van der Waals surface area contributed by atoms with Crippen LogP contribution in [0.2, 0.25) is 0 Å². The highest BCUT2D eigenvalue weighted by atomic mass is 16.2. The summed E-state index contributed by atoms with van der Waals surface area (Å²) in [7, 11) is 4.02. The van der Waals surface area contributed by atoms with Crippen molar-refractivity contribution in [1.82, 2.24) is 68.6 Å². The van der Waals surface area contributed by atoms with Crippen molar-refractivity contribution in [2.24, 2.45) is 37.8 Å². The lowest BCUT2D eigenvalue weighted by Gasteiger charge is -2.34. The molecule has 8 aromatic heterocycles. The topological polar surface area (TPSA) is 162 Å². The van der Waals surface area contributed by atoms with Crippen molar-refractivity contribution in [3.05, 3.63) is 83.9 Å². The van der Waals surface area contributed by atoms with E-state index in [9.17, 15) is 9.59 Å². The van der Waals surface area contributed by atoms with Crippen molar-refractivity contribution in [1.29, 1.82) is 0 Å². The second-order valence-electron chi connectivity index (χ2n) is 20.9. The van der Waals surface area contributed by atoms with Gasteiger partial charge in [-0.1, -0.05) is 0 Å². The highest BCUT2D eigenvalue weighted by Gasteiger charge is 2.40. The largest absolute Gasteiger partial charge is 0.337 e. The quantitative estimate of drug-likeness (QED) is 0.164. The second-order valence-corrected chi connectivity index (χ2v) is 20.9. The number of hydrogen-bond acceptors (Lipinski definition) is 10. The Hall–Kier alpha value is -6.52. The lowest BCUT2D eigenvalue weighted by Crippen LogP contribution is -2.48. The number of aryl methyl sites for hydroxylation is 2. The van der Waals surface area contributed by atoms with E-state index in [0.717, 1.165) is 119 Å². The fourth-order valence-corrected chi connectivity index (χ4v) is 12.2. The van der Waals surface area contributed by atoms with Crippen molar-refractivity contribution in [3.63, 3.8) is 0 Å². The summed E-state index contributed by atoms with van der Waals surface area (Å²) in [5.74, 6) is 4.11. The van der Waals surface area contributed by atoms with Gasteiger partial charge in [0, 0.05) is 107 Å². The molecule has 2 saturated carbocycles. The van der Waals surface area contributed by atoms with Crippen molar-refractivity contribution in [2.45, 2.75) is 82.6 Å². The van der Waals surface area contributed by atoms with Gasteiger partial charge in [-0.25, -0.2) is 29.9 Å². The maximum Gasteiger partial charge on any atom is 0.255 e. The molecule has 12 heterocycles. The number of piperidine rings is 2. The van der Waals surface area contributed by atoms with E-state index in [1.54, 1.807) is 12.4 Å². The van der Waals surface area contributed by atoms with Crippen molar-refractivity contribution in [3.8, 4) is 23.0 Å².